The summed E-state index contributed by atoms with van der Waals surface area (Å²) in [5.41, 5.74) is 3.35. The van der Waals surface area contributed by atoms with Gasteiger partial charge in [-0.2, -0.15) is 0 Å². The van der Waals surface area contributed by atoms with Crippen LogP contribution in [0.3, 0.4) is 0 Å². The van der Waals surface area contributed by atoms with Gasteiger partial charge >= 0.3 is 0 Å². The van der Waals surface area contributed by atoms with Crippen LogP contribution in [-0.4, -0.2) is 32.2 Å². The van der Waals surface area contributed by atoms with Crippen molar-refractivity contribution in [1.29, 1.82) is 0 Å². The molecule has 7 nitrogen and oxygen atoms in total. The molecule has 2 N–H and O–H groups in total. The summed E-state index contributed by atoms with van der Waals surface area (Å²) in [5, 5.41) is 2.77. The number of anilines is 2. The minimum atomic E-state index is -3.79. The summed E-state index contributed by atoms with van der Waals surface area (Å²) in [6.07, 6.45) is 1.48. The first-order chi connectivity index (χ1) is 14.9. The fourth-order valence-corrected chi connectivity index (χ4v) is 4.55. The van der Waals surface area contributed by atoms with E-state index in [9.17, 15) is 18.0 Å². The fourth-order valence-electron chi connectivity index (χ4n) is 3.44. The summed E-state index contributed by atoms with van der Waals surface area (Å²) in [6.45, 7) is 1.03. The zero-order valence-corrected chi connectivity index (χ0v) is 17.4. The van der Waals surface area contributed by atoms with Crippen LogP contribution in [0.2, 0.25) is 0 Å². The second-order valence-electron chi connectivity index (χ2n) is 7.26. The maximum Gasteiger partial charge on any atom is 0.261 e. The molecule has 0 saturated carbocycles. The van der Waals surface area contributed by atoms with Crippen molar-refractivity contribution in [2.24, 2.45) is 0 Å². The van der Waals surface area contributed by atoms with Crippen molar-refractivity contribution in [3.63, 3.8) is 0 Å². The molecular weight excluding hydrogens is 414 g/mol. The quantitative estimate of drug-likeness (QED) is 0.581. The SMILES string of the molecule is O=CN1CCc2ccc(S(=O)(=O)Nc3ccc(NC(=O)c4ccccc4)cc3)cc2C1. The maximum absolute atomic E-state index is 12.8. The molecule has 0 fully saturated rings. The Hall–Kier alpha value is -3.65. The van der Waals surface area contributed by atoms with Crippen LogP contribution in [0.15, 0.2) is 77.7 Å². The number of carbonyl (C=O) groups is 2. The van der Waals surface area contributed by atoms with Gasteiger partial charge < -0.3 is 10.2 Å². The Kier molecular flexibility index (Phi) is 5.73. The van der Waals surface area contributed by atoms with Crippen LogP contribution < -0.4 is 10.0 Å². The number of hydrogen-bond acceptors (Lipinski definition) is 4. The molecule has 0 atom stereocenters. The lowest BCUT2D eigenvalue weighted by Gasteiger charge is -2.25. The Morgan fingerprint density at radius 2 is 1.61 bits per heavy atom. The molecule has 1 aliphatic rings. The number of nitrogens with one attached hydrogen (secondary N) is 2. The number of amides is 2. The molecule has 1 aliphatic heterocycles. The standard InChI is InChI=1S/C23H21N3O4S/c27-16-26-13-12-17-6-11-22(14-19(17)15-26)31(29,30)25-21-9-7-20(8-10-21)24-23(28)18-4-2-1-3-5-18/h1-11,14,16,25H,12-13,15H2,(H,24,28). The van der Waals surface area contributed by atoms with Gasteiger partial charge in [-0.05, 0) is 66.1 Å². The highest BCUT2D eigenvalue weighted by atomic mass is 32.2. The lowest BCUT2D eigenvalue weighted by Crippen LogP contribution is -2.29. The average molecular weight is 436 g/mol. The van der Waals surface area contributed by atoms with Crippen molar-refractivity contribution in [2.45, 2.75) is 17.9 Å². The summed E-state index contributed by atoms with van der Waals surface area (Å²) >= 11 is 0. The van der Waals surface area contributed by atoms with Crippen molar-refractivity contribution in [1.82, 2.24) is 4.90 Å². The molecule has 0 unspecified atom stereocenters. The van der Waals surface area contributed by atoms with Gasteiger partial charge in [-0.3, -0.25) is 14.3 Å². The van der Waals surface area contributed by atoms with Gasteiger partial charge in [0.25, 0.3) is 15.9 Å². The average Bonchev–Trinajstić information content (AvgIpc) is 2.80. The first-order valence-corrected chi connectivity index (χ1v) is 11.2. The normalized spacial score (nSPS) is 13.2. The van der Waals surface area contributed by atoms with E-state index in [1.165, 1.54) is 0 Å². The minimum absolute atomic E-state index is 0.139. The molecule has 0 aliphatic carbocycles. The van der Waals surface area contributed by atoms with Gasteiger partial charge in [0, 0.05) is 30.0 Å². The number of fused-ring (bicyclic) bond motifs is 1. The monoisotopic (exact) mass is 435 g/mol. The van der Waals surface area contributed by atoms with E-state index in [0.717, 1.165) is 17.5 Å². The molecule has 4 rings (SSSR count). The van der Waals surface area contributed by atoms with Crippen LogP contribution in [-0.2, 0) is 27.8 Å². The lowest BCUT2D eigenvalue weighted by atomic mass is 10.0. The van der Waals surface area contributed by atoms with E-state index in [1.807, 2.05) is 6.07 Å². The van der Waals surface area contributed by atoms with E-state index in [2.05, 4.69) is 10.0 Å². The predicted molar refractivity (Wildman–Crippen MR) is 118 cm³/mol. The van der Waals surface area contributed by atoms with Crippen LogP contribution in [0.1, 0.15) is 21.5 Å². The van der Waals surface area contributed by atoms with Crippen LogP contribution in [0.4, 0.5) is 11.4 Å². The summed E-state index contributed by atoms with van der Waals surface area (Å²) < 4.78 is 28.2. The first kappa shape index (κ1) is 20.6. The van der Waals surface area contributed by atoms with Gasteiger partial charge in [0.1, 0.15) is 0 Å². The fraction of sp³-hybridized carbons (Fsp3) is 0.130. The Morgan fingerprint density at radius 1 is 0.903 bits per heavy atom. The number of sulfonamides is 1. The van der Waals surface area contributed by atoms with E-state index in [1.54, 1.807) is 71.6 Å². The Labute approximate surface area is 180 Å². The first-order valence-electron chi connectivity index (χ1n) is 9.75. The highest BCUT2D eigenvalue weighted by molar-refractivity contribution is 7.92. The highest BCUT2D eigenvalue weighted by Gasteiger charge is 2.20. The Balaban J connectivity index is 1.46. The molecule has 0 bridgehead atoms. The third-order valence-electron chi connectivity index (χ3n) is 5.11. The van der Waals surface area contributed by atoms with Crippen molar-refractivity contribution in [3.05, 3.63) is 89.5 Å². The van der Waals surface area contributed by atoms with Crippen molar-refractivity contribution in [2.75, 3.05) is 16.6 Å². The summed E-state index contributed by atoms with van der Waals surface area (Å²) in [6, 6.07) is 20.3. The largest absolute Gasteiger partial charge is 0.341 e. The number of benzene rings is 3. The number of nitrogens with zero attached hydrogens (tertiary/aromatic N) is 1. The molecule has 3 aromatic carbocycles. The molecule has 3 aromatic rings. The lowest BCUT2D eigenvalue weighted by molar-refractivity contribution is -0.118. The number of carbonyl (C=O) groups excluding carboxylic acids is 2. The number of rotatable bonds is 6. The molecule has 31 heavy (non-hydrogen) atoms. The molecule has 8 heteroatoms. The summed E-state index contributed by atoms with van der Waals surface area (Å²) in [4.78, 5) is 25.0. The van der Waals surface area contributed by atoms with Crippen molar-refractivity contribution < 1.29 is 18.0 Å². The summed E-state index contributed by atoms with van der Waals surface area (Å²) in [5.74, 6) is -0.243. The van der Waals surface area contributed by atoms with Gasteiger partial charge in [-0.15, -0.1) is 0 Å². The van der Waals surface area contributed by atoms with E-state index in [4.69, 9.17) is 0 Å². The van der Waals surface area contributed by atoms with Gasteiger partial charge in [-0.1, -0.05) is 24.3 Å². The van der Waals surface area contributed by atoms with Crippen molar-refractivity contribution >= 4 is 33.7 Å². The van der Waals surface area contributed by atoms with Crippen molar-refractivity contribution in [3.8, 4) is 0 Å². The molecule has 0 radical (unpaired) electrons. The molecule has 0 saturated heterocycles. The minimum Gasteiger partial charge on any atom is -0.341 e. The van der Waals surface area contributed by atoms with E-state index in [-0.39, 0.29) is 10.8 Å². The smallest absolute Gasteiger partial charge is 0.261 e. The molecule has 1 heterocycles. The molecule has 0 aromatic heterocycles. The van der Waals surface area contributed by atoms with Crippen LogP contribution in [0, 0.1) is 0 Å². The van der Waals surface area contributed by atoms with Gasteiger partial charge in [0.05, 0.1) is 4.90 Å². The third-order valence-corrected chi connectivity index (χ3v) is 6.49. The summed E-state index contributed by atoms with van der Waals surface area (Å²) in [7, 11) is -3.79. The second kappa shape index (κ2) is 8.61. The van der Waals surface area contributed by atoms with Gasteiger partial charge in [0.15, 0.2) is 0 Å². The second-order valence-corrected chi connectivity index (χ2v) is 8.94. The Morgan fingerprint density at radius 3 is 2.32 bits per heavy atom. The van der Waals surface area contributed by atoms with E-state index in [0.29, 0.717) is 36.4 Å². The number of hydrogen-bond donors (Lipinski definition) is 2. The zero-order valence-electron chi connectivity index (χ0n) is 16.6. The van der Waals surface area contributed by atoms with Crippen LogP contribution in [0.5, 0.6) is 0 Å². The molecule has 0 spiro atoms. The van der Waals surface area contributed by atoms with Crippen LogP contribution in [0.25, 0.3) is 0 Å². The molecule has 2 amide bonds. The Bertz CT molecular complexity index is 1210. The maximum atomic E-state index is 12.8. The van der Waals surface area contributed by atoms with Gasteiger partial charge in [0.2, 0.25) is 6.41 Å². The molecule has 158 valence electrons. The van der Waals surface area contributed by atoms with E-state index >= 15 is 0 Å². The van der Waals surface area contributed by atoms with Gasteiger partial charge in [-0.25, -0.2) is 8.42 Å². The van der Waals surface area contributed by atoms with E-state index < -0.39 is 10.0 Å². The topological polar surface area (TPSA) is 95.6 Å². The highest BCUT2D eigenvalue weighted by Crippen LogP contribution is 2.24. The zero-order chi connectivity index (χ0) is 21.8. The third kappa shape index (κ3) is 4.75. The van der Waals surface area contributed by atoms with Crippen LogP contribution >= 0.6 is 0 Å². The molecular formula is C23H21N3O4S. The predicted octanol–water partition coefficient (Wildman–Crippen LogP) is 3.25.